The Hall–Kier alpha value is -3.19. The minimum Gasteiger partial charge on any atom is -0.496 e. The number of benzene rings is 2. The molecular weight excluding hydrogens is 362 g/mol. The Balaban J connectivity index is 1.65. The number of carbonyl (C=O) groups excluding carboxylic acids is 2. The Kier molecular flexibility index (Phi) is 5.83. The second-order valence-electron chi connectivity index (χ2n) is 5.70. The number of ether oxygens (including phenoxy) is 1. The van der Waals surface area contributed by atoms with E-state index in [0.29, 0.717) is 16.3 Å². The number of hydrogen-bond donors (Lipinski definition) is 2. The number of methoxy groups -OCH3 is 1. The van der Waals surface area contributed by atoms with Crippen LogP contribution in [-0.4, -0.2) is 23.9 Å². The Labute approximate surface area is 161 Å². The Morgan fingerprint density at radius 2 is 1.74 bits per heavy atom. The molecule has 0 aliphatic heterocycles. The molecule has 27 heavy (non-hydrogen) atoms. The number of nitrogens with zero attached hydrogens (tertiary/aromatic N) is 1. The quantitative estimate of drug-likeness (QED) is 0.664. The lowest BCUT2D eigenvalue weighted by molar-refractivity contribution is 0.0844. The van der Waals surface area contributed by atoms with Crippen molar-refractivity contribution in [1.82, 2.24) is 15.8 Å². The number of aromatic nitrogens is 1. The molecule has 0 radical (unpaired) electrons. The summed E-state index contributed by atoms with van der Waals surface area (Å²) in [6, 6.07) is 14.7. The van der Waals surface area contributed by atoms with Crippen molar-refractivity contribution in [3.63, 3.8) is 0 Å². The van der Waals surface area contributed by atoms with Crippen LogP contribution in [0.1, 0.15) is 33.3 Å². The molecule has 0 aliphatic carbocycles. The summed E-state index contributed by atoms with van der Waals surface area (Å²) >= 11 is 1.33. The molecule has 1 aromatic heterocycles. The van der Waals surface area contributed by atoms with E-state index in [-0.39, 0.29) is 11.6 Å². The first-order chi connectivity index (χ1) is 13.1. The fourth-order valence-electron chi connectivity index (χ4n) is 2.46. The molecule has 0 saturated heterocycles. The number of hydrogen-bond acceptors (Lipinski definition) is 5. The third kappa shape index (κ3) is 4.32. The first kappa shape index (κ1) is 18.6. The van der Waals surface area contributed by atoms with Crippen LogP contribution < -0.4 is 15.6 Å². The SMILES string of the molecule is CCc1ccc(C(=O)NNC(=O)c2csc(-c3ccccc3OC)n2)cc1. The molecule has 138 valence electrons. The van der Waals surface area contributed by atoms with Crippen molar-refractivity contribution in [1.29, 1.82) is 0 Å². The third-order valence-electron chi connectivity index (χ3n) is 3.99. The molecular formula is C20H19N3O3S. The van der Waals surface area contributed by atoms with E-state index in [9.17, 15) is 9.59 Å². The van der Waals surface area contributed by atoms with Gasteiger partial charge >= 0.3 is 0 Å². The summed E-state index contributed by atoms with van der Waals surface area (Å²) in [5.41, 5.74) is 7.45. The van der Waals surface area contributed by atoms with Gasteiger partial charge in [-0.3, -0.25) is 20.4 Å². The van der Waals surface area contributed by atoms with Crippen molar-refractivity contribution < 1.29 is 14.3 Å². The lowest BCUT2D eigenvalue weighted by atomic mass is 10.1. The maximum Gasteiger partial charge on any atom is 0.289 e. The summed E-state index contributed by atoms with van der Waals surface area (Å²) in [5.74, 6) is -0.181. The van der Waals surface area contributed by atoms with Crippen molar-refractivity contribution in [2.24, 2.45) is 0 Å². The van der Waals surface area contributed by atoms with Gasteiger partial charge in [0.05, 0.1) is 12.7 Å². The minimum atomic E-state index is -0.481. The van der Waals surface area contributed by atoms with Crippen LogP contribution in [0.3, 0.4) is 0 Å². The van der Waals surface area contributed by atoms with Gasteiger partial charge in [-0.05, 0) is 36.2 Å². The largest absolute Gasteiger partial charge is 0.496 e. The highest BCUT2D eigenvalue weighted by Crippen LogP contribution is 2.31. The maximum atomic E-state index is 12.3. The van der Waals surface area contributed by atoms with Crippen LogP contribution in [-0.2, 0) is 6.42 Å². The molecule has 0 atom stereocenters. The molecule has 2 amide bonds. The van der Waals surface area contributed by atoms with Crippen LogP contribution in [0.5, 0.6) is 5.75 Å². The molecule has 6 nitrogen and oxygen atoms in total. The molecule has 0 unspecified atom stereocenters. The first-order valence-corrected chi connectivity index (χ1v) is 9.29. The number of aryl methyl sites for hydroxylation is 1. The Bertz CT molecular complexity index is 951. The highest BCUT2D eigenvalue weighted by Gasteiger charge is 2.15. The maximum absolute atomic E-state index is 12.3. The highest BCUT2D eigenvalue weighted by molar-refractivity contribution is 7.13. The standard InChI is InChI=1S/C20H19N3O3S/c1-3-13-8-10-14(11-9-13)18(24)22-23-19(25)16-12-27-20(21-16)15-6-4-5-7-17(15)26-2/h4-12H,3H2,1-2H3,(H,22,24)(H,23,25). The van der Waals surface area contributed by atoms with Gasteiger partial charge in [-0.2, -0.15) is 0 Å². The molecule has 0 aliphatic rings. The number of thiazole rings is 1. The molecule has 0 bridgehead atoms. The molecule has 2 aromatic carbocycles. The predicted molar refractivity (Wildman–Crippen MR) is 105 cm³/mol. The van der Waals surface area contributed by atoms with Crippen LogP contribution in [0.15, 0.2) is 53.9 Å². The number of para-hydroxylation sites is 1. The fraction of sp³-hybridized carbons (Fsp3) is 0.150. The van der Waals surface area contributed by atoms with Gasteiger partial charge in [-0.25, -0.2) is 4.98 Å². The molecule has 3 rings (SSSR count). The number of amides is 2. The average molecular weight is 381 g/mol. The van der Waals surface area contributed by atoms with Crippen LogP contribution in [0, 0.1) is 0 Å². The number of nitrogens with one attached hydrogen (secondary N) is 2. The summed E-state index contributed by atoms with van der Waals surface area (Å²) in [6.45, 7) is 2.04. The lowest BCUT2D eigenvalue weighted by Gasteiger charge is -2.07. The molecule has 1 heterocycles. The molecule has 0 spiro atoms. The summed E-state index contributed by atoms with van der Waals surface area (Å²) in [4.78, 5) is 28.7. The van der Waals surface area contributed by atoms with Crippen molar-refractivity contribution in [2.45, 2.75) is 13.3 Å². The van der Waals surface area contributed by atoms with E-state index in [1.165, 1.54) is 11.3 Å². The minimum absolute atomic E-state index is 0.225. The van der Waals surface area contributed by atoms with Crippen molar-refractivity contribution in [3.8, 4) is 16.3 Å². The van der Waals surface area contributed by atoms with Gasteiger partial charge in [-0.15, -0.1) is 11.3 Å². The highest BCUT2D eigenvalue weighted by atomic mass is 32.1. The molecule has 7 heteroatoms. The molecule has 0 fully saturated rings. The molecule has 3 aromatic rings. The number of hydrazine groups is 1. The van der Waals surface area contributed by atoms with Gasteiger partial charge in [0.1, 0.15) is 16.5 Å². The summed E-state index contributed by atoms with van der Waals surface area (Å²) < 4.78 is 5.32. The smallest absolute Gasteiger partial charge is 0.289 e. The van der Waals surface area contributed by atoms with Gasteiger partial charge in [0.15, 0.2) is 0 Å². The van der Waals surface area contributed by atoms with E-state index in [4.69, 9.17) is 4.74 Å². The van der Waals surface area contributed by atoms with Gasteiger partial charge in [0, 0.05) is 10.9 Å². The Morgan fingerprint density at radius 3 is 2.44 bits per heavy atom. The second-order valence-corrected chi connectivity index (χ2v) is 6.56. The normalized spacial score (nSPS) is 10.3. The summed E-state index contributed by atoms with van der Waals surface area (Å²) in [7, 11) is 1.59. The van der Waals surface area contributed by atoms with Gasteiger partial charge in [-0.1, -0.05) is 31.2 Å². The monoisotopic (exact) mass is 381 g/mol. The van der Waals surface area contributed by atoms with Crippen molar-refractivity contribution in [3.05, 3.63) is 70.7 Å². The molecule has 0 saturated carbocycles. The topological polar surface area (TPSA) is 80.3 Å². The summed E-state index contributed by atoms with van der Waals surface area (Å²) in [5, 5.41) is 2.30. The van der Waals surface area contributed by atoms with Crippen molar-refractivity contribution >= 4 is 23.2 Å². The first-order valence-electron chi connectivity index (χ1n) is 8.41. The van der Waals surface area contributed by atoms with Crippen LogP contribution in [0.25, 0.3) is 10.6 Å². The van der Waals surface area contributed by atoms with Gasteiger partial charge in [0.2, 0.25) is 0 Å². The van der Waals surface area contributed by atoms with E-state index < -0.39 is 5.91 Å². The Morgan fingerprint density at radius 1 is 1.04 bits per heavy atom. The van der Waals surface area contributed by atoms with Gasteiger partial charge < -0.3 is 4.74 Å². The average Bonchev–Trinajstić information content (AvgIpc) is 3.22. The van der Waals surface area contributed by atoms with Crippen molar-refractivity contribution in [2.75, 3.05) is 7.11 Å². The zero-order valence-electron chi connectivity index (χ0n) is 15.0. The fourth-order valence-corrected chi connectivity index (χ4v) is 3.29. The van der Waals surface area contributed by atoms with Crippen LogP contribution >= 0.6 is 11.3 Å². The van der Waals surface area contributed by atoms with Crippen LogP contribution in [0.2, 0.25) is 0 Å². The van der Waals surface area contributed by atoms with E-state index in [0.717, 1.165) is 17.5 Å². The van der Waals surface area contributed by atoms with E-state index in [1.54, 1.807) is 24.6 Å². The number of rotatable bonds is 5. The zero-order valence-corrected chi connectivity index (χ0v) is 15.8. The number of carbonyl (C=O) groups is 2. The zero-order chi connectivity index (χ0) is 19.2. The van der Waals surface area contributed by atoms with Gasteiger partial charge in [0.25, 0.3) is 11.8 Å². The second kappa shape index (κ2) is 8.46. The van der Waals surface area contributed by atoms with E-state index in [1.807, 2.05) is 43.3 Å². The van der Waals surface area contributed by atoms with Crippen LogP contribution in [0.4, 0.5) is 0 Å². The van der Waals surface area contributed by atoms with E-state index in [2.05, 4.69) is 15.8 Å². The third-order valence-corrected chi connectivity index (χ3v) is 4.86. The molecule has 2 N–H and O–H groups in total. The predicted octanol–water partition coefficient (Wildman–Crippen LogP) is 3.46. The van der Waals surface area contributed by atoms with E-state index >= 15 is 0 Å². The lowest BCUT2D eigenvalue weighted by Crippen LogP contribution is -2.41. The summed E-state index contributed by atoms with van der Waals surface area (Å²) in [6.07, 6.45) is 0.900.